The minimum Gasteiger partial charge on any atom is -0.478 e. The van der Waals surface area contributed by atoms with E-state index in [1.807, 2.05) is 0 Å². The molecule has 1 aromatic carbocycles. The van der Waals surface area contributed by atoms with Gasteiger partial charge in [0.15, 0.2) is 5.65 Å². The van der Waals surface area contributed by atoms with Crippen molar-refractivity contribution in [2.45, 2.75) is 0 Å². The second-order valence-corrected chi connectivity index (χ2v) is 7.17. The predicted molar refractivity (Wildman–Crippen MR) is 87.4 cm³/mol. The van der Waals surface area contributed by atoms with Crippen molar-refractivity contribution in [3.05, 3.63) is 53.2 Å². The van der Waals surface area contributed by atoms with E-state index in [-0.39, 0.29) is 22.1 Å². The summed E-state index contributed by atoms with van der Waals surface area (Å²) in [7, 11) is -3.72. The maximum atomic E-state index is 12.2. The van der Waals surface area contributed by atoms with E-state index in [1.54, 1.807) is 36.4 Å². The van der Waals surface area contributed by atoms with Crippen LogP contribution in [0.25, 0.3) is 22.3 Å². The molecule has 0 aliphatic carbocycles. The van der Waals surface area contributed by atoms with Gasteiger partial charge < -0.3 is 5.11 Å². The van der Waals surface area contributed by atoms with Gasteiger partial charge in [0.2, 0.25) is 10.0 Å². The van der Waals surface area contributed by atoms with Crippen LogP contribution >= 0.6 is 11.6 Å². The second-order valence-electron chi connectivity index (χ2n) is 4.95. The van der Waals surface area contributed by atoms with Gasteiger partial charge in [0.1, 0.15) is 5.15 Å². The van der Waals surface area contributed by atoms with E-state index in [1.165, 1.54) is 6.07 Å². The Labute approximate surface area is 137 Å². The number of fused-ring (bicyclic) bond motifs is 1. The van der Waals surface area contributed by atoms with Gasteiger partial charge in [0, 0.05) is 10.9 Å². The molecule has 3 aromatic rings. The van der Waals surface area contributed by atoms with Crippen LogP contribution in [0.3, 0.4) is 0 Å². The van der Waals surface area contributed by atoms with E-state index in [9.17, 15) is 18.3 Å². The van der Waals surface area contributed by atoms with Crippen LogP contribution in [0.15, 0.2) is 42.5 Å². The third-order valence-corrected chi connectivity index (χ3v) is 4.58. The number of halogens is 1. The van der Waals surface area contributed by atoms with Crippen molar-refractivity contribution < 1.29 is 18.3 Å². The Morgan fingerprint density at radius 3 is 2.57 bits per heavy atom. The zero-order chi connectivity index (χ0) is 16.8. The molecule has 0 bridgehead atoms. The molecule has 0 saturated heterocycles. The van der Waals surface area contributed by atoms with Gasteiger partial charge >= 0.3 is 5.97 Å². The van der Waals surface area contributed by atoms with Gasteiger partial charge in [0.05, 0.1) is 17.5 Å². The Morgan fingerprint density at radius 1 is 1.22 bits per heavy atom. The second kappa shape index (κ2) is 5.36. The van der Waals surface area contributed by atoms with Crippen molar-refractivity contribution in [2.24, 2.45) is 0 Å². The Hall–Kier alpha value is -2.38. The fourth-order valence-corrected chi connectivity index (χ4v) is 3.56. The van der Waals surface area contributed by atoms with Crippen LogP contribution in [0, 0.1) is 0 Å². The zero-order valence-corrected chi connectivity index (χ0v) is 13.5. The Balaban J connectivity index is 2.46. The van der Waals surface area contributed by atoms with Crippen molar-refractivity contribution in [3.63, 3.8) is 0 Å². The third kappa shape index (κ3) is 2.69. The van der Waals surface area contributed by atoms with Gasteiger partial charge in [-0.1, -0.05) is 29.8 Å². The number of carbonyl (C=O) groups is 1. The highest BCUT2D eigenvalue weighted by atomic mass is 35.5. The predicted octanol–water partition coefficient (Wildman–Crippen LogP) is 2.86. The number of hydrogen-bond acceptors (Lipinski definition) is 4. The molecule has 0 spiro atoms. The quantitative estimate of drug-likeness (QED) is 0.733. The maximum absolute atomic E-state index is 12.2. The fourth-order valence-electron chi connectivity index (χ4n) is 2.45. The van der Waals surface area contributed by atoms with Crippen molar-refractivity contribution >= 4 is 38.6 Å². The molecule has 0 aliphatic heterocycles. The molecular weight excluding hydrogens is 340 g/mol. The first-order valence-electron chi connectivity index (χ1n) is 6.50. The lowest BCUT2D eigenvalue weighted by Gasteiger charge is -2.10. The summed E-state index contributed by atoms with van der Waals surface area (Å²) in [5.74, 6) is -1.14. The van der Waals surface area contributed by atoms with E-state index in [0.29, 0.717) is 10.9 Å². The summed E-state index contributed by atoms with van der Waals surface area (Å²) in [6, 6.07) is 11.0. The average molecular weight is 351 g/mol. The molecule has 0 unspecified atom stereocenters. The average Bonchev–Trinajstić information content (AvgIpc) is 2.85. The van der Waals surface area contributed by atoms with Gasteiger partial charge in [-0.2, -0.15) is 0 Å². The smallest absolute Gasteiger partial charge is 0.336 e. The van der Waals surface area contributed by atoms with Crippen LogP contribution < -0.4 is 0 Å². The molecule has 0 amide bonds. The highest BCUT2D eigenvalue weighted by Crippen LogP contribution is 2.31. The molecule has 2 heterocycles. The third-order valence-electron chi connectivity index (χ3n) is 3.34. The molecule has 2 aromatic heterocycles. The molecule has 1 N–H and O–H groups in total. The van der Waals surface area contributed by atoms with Gasteiger partial charge in [-0.05, 0) is 24.3 Å². The van der Waals surface area contributed by atoms with Gasteiger partial charge in [0.25, 0.3) is 0 Å². The molecule has 6 nitrogen and oxygen atoms in total. The van der Waals surface area contributed by atoms with Gasteiger partial charge in [-0.25, -0.2) is 22.2 Å². The minimum absolute atomic E-state index is 0.00584. The van der Waals surface area contributed by atoms with Crippen LogP contribution in [-0.4, -0.2) is 34.7 Å². The normalized spacial score (nSPS) is 11.7. The molecule has 23 heavy (non-hydrogen) atoms. The van der Waals surface area contributed by atoms with E-state index in [0.717, 1.165) is 10.2 Å². The number of aromatic carboxylic acids is 1. The summed E-state index contributed by atoms with van der Waals surface area (Å²) in [5, 5.41) is 10.0. The number of nitrogens with zero attached hydrogens (tertiary/aromatic N) is 2. The summed E-state index contributed by atoms with van der Waals surface area (Å²) in [4.78, 5) is 15.5. The lowest BCUT2D eigenvalue weighted by molar-refractivity contribution is 0.0697. The van der Waals surface area contributed by atoms with Gasteiger partial charge in [-0.15, -0.1) is 0 Å². The maximum Gasteiger partial charge on any atom is 0.336 e. The lowest BCUT2D eigenvalue weighted by atomic mass is 10.0. The van der Waals surface area contributed by atoms with Crippen molar-refractivity contribution in [2.75, 3.05) is 6.26 Å². The minimum atomic E-state index is -3.72. The van der Waals surface area contributed by atoms with Crippen LogP contribution in [-0.2, 0) is 10.0 Å². The number of carboxylic acids is 1. The lowest BCUT2D eigenvalue weighted by Crippen LogP contribution is -2.13. The highest BCUT2D eigenvalue weighted by Gasteiger charge is 2.22. The van der Waals surface area contributed by atoms with Crippen LogP contribution in [0.4, 0.5) is 0 Å². The number of benzene rings is 1. The molecule has 0 saturated carbocycles. The number of rotatable bonds is 3. The number of hydrogen-bond donors (Lipinski definition) is 1. The van der Waals surface area contributed by atoms with Crippen molar-refractivity contribution in [1.29, 1.82) is 0 Å². The first-order chi connectivity index (χ1) is 10.8. The van der Waals surface area contributed by atoms with Gasteiger partial charge in [-0.3, -0.25) is 0 Å². The highest BCUT2D eigenvalue weighted by molar-refractivity contribution is 7.89. The van der Waals surface area contributed by atoms with Crippen LogP contribution in [0.2, 0.25) is 5.15 Å². The molecule has 0 radical (unpaired) electrons. The standard InChI is InChI=1S/C15H11ClN2O4S/c1-23(21,22)18-12(8-9-6-7-13(16)17-14(9)18)10-4-2-3-5-11(10)15(19)20/h2-8H,1H3,(H,19,20). The van der Waals surface area contributed by atoms with Crippen LogP contribution in [0.5, 0.6) is 0 Å². The van der Waals surface area contributed by atoms with Crippen molar-refractivity contribution in [3.8, 4) is 11.3 Å². The van der Waals surface area contributed by atoms with Crippen LogP contribution in [0.1, 0.15) is 10.4 Å². The zero-order valence-electron chi connectivity index (χ0n) is 11.9. The fraction of sp³-hybridized carbons (Fsp3) is 0.0667. The number of carboxylic acid groups (broad SMARTS) is 1. The summed E-state index contributed by atoms with van der Waals surface area (Å²) in [6.45, 7) is 0. The SMILES string of the molecule is CS(=O)(=O)n1c(-c2ccccc2C(=O)O)cc2ccc(Cl)nc21. The van der Waals surface area contributed by atoms with E-state index in [2.05, 4.69) is 4.98 Å². The Bertz CT molecular complexity index is 1040. The largest absolute Gasteiger partial charge is 0.478 e. The molecule has 3 rings (SSSR count). The summed E-state index contributed by atoms with van der Waals surface area (Å²) < 4.78 is 25.5. The van der Waals surface area contributed by atoms with Crippen molar-refractivity contribution in [1.82, 2.24) is 8.96 Å². The molecule has 118 valence electrons. The Kier molecular flexibility index (Phi) is 3.62. The molecule has 0 fully saturated rings. The topological polar surface area (TPSA) is 89.3 Å². The molecule has 0 aliphatic rings. The number of aromatic nitrogens is 2. The first kappa shape index (κ1) is 15.5. The Morgan fingerprint density at radius 2 is 1.91 bits per heavy atom. The summed E-state index contributed by atoms with van der Waals surface area (Å²) in [6.07, 6.45) is 1.03. The first-order valence-corrected chi connectivity index (χ1v) is 8.73. The molecule has 0 atom stereocenters. The molecule has 8 heteroatoms. The van der Waals surface area contributed by atoms with E-state index < -0.39 is 16.0 Å². The summed E-state index contributed by atoms with van der Waals surface area (Å²) in [5.41, 5.74) is 0.691. The van der Waals surface area contributed by atoms with E-state index in [4.69, 9.17) is 11.6 Å². The monoisotopic (exact) mass is 350 g/mol. The molecular formula is C15H11ClN2O4S. The number of pyridine rings is 1. The summed E-state index contributed by atoms with van der Waals surface area (Å²) >= 11 is 5.86. The van der Waals surface area contributed by atoms with E-state index >= 15 is 0 Å².